The van der Waals surface area contributed by atoms with Crippen molar-refractivity contribution in [1.29, 1.82) is 0 Å². The summed E-state index contributed by atoms with van der Waals surface area (Å²) in [4.78, 5) is 0.179. The highest BCUT2D eigenvalue weighted by molar-refractivity contribution is 9.10. The first-order valence-electron chi connectivity index (χ1n) is 5.90. The van der Waals surface area contributed by atoms with Crippen LogP contribution in [-0.2, 0) is 14.8 Å². The molecule has 1 aromatic carbocycles. The molecule has 0 amide bonds. The first-order valence-corrected chi connectivity index (χ1v) is 8.13. The fourth-order valence-corrected chi connectivity index (χ4v) is 4.19. The molecule has 1 fully saturated rings. The lowest BCUT2D eigenvalue weighted by Gasteiger charge is -2.30. The van der Waals surface area contributed by atoms with Crippen molar-refractivity contribution in [2.24, 2.45) is 0 Å². The van der Waals surface area contributed by atoms with Crippen LogP contribution in [0.1, 0.15) is 6.92 Å². The number of hydrogen-bond donors (Lipinski definition) is 0. The fraction of sp³-hybridized carbons (Fsp3) is 0.500. The van der Waals surface area contributed by atoms with Crippen molar-refractivity contribution in [1.82, 2.24) is 4.31 Å². The minimum Gasteiger partial charge on any atom is -0.495 e. The normalized spacial score (nSPS) is 21.3. The van der Waals surface area contributed by atoms with Crippen molar-refractivity contribution in [2.45, 2.75) is 17.9 Å². The van der Waals surface area contributed by atoms with Crippen molar-refractivity contribution < 1.29 is 17.9 Å². The molecule has 5 nitrogen and oxygen atoms in total. The molecule has 0 saturated carbocycles. The highest BCUT2D eigenvalue weighted by Gasteiger charge is 2.31. The number of halogens is 1. The van der Waals surface area contributed by atoms with Gasteiger partial charge >= 0.3 is 0 Å². The summed E-state index contributed by atoms with van der Waals surface area (Å²) in [6.07, 6.45) is -0.0957. The standard InChI is InChI=1S/C12H16BrNO4S/c1-9-8-14(5-6-18-9)19(15,16)12-7-10(13)3-4-11(12)17-2/h3-4,7,9H,5-6,8H2,1-2H3. The van der Waals surface area contributed by atoms with E-state index < -0.39 is 10.0 Å². The molecule has 1 aliphatic heterocycles. The lowest BCUT2D eigenvalue weighted by molar-refractivity contribution is 0.0101. The SMILES string of the molecule is COc1ccc(Br)cc1S(=O)(=O)N1CCOC(C)C1. The van der Waals surface area contributed by atoms with Crippen molar-refractivity contribution in [3.8, 4) is 5.75 Å². The first-order chi connectivity index (χ1) is 8.95. The van der Waals surface area contributed by atoms with Gasteiger partial charge in [-0.05, 0) is 25.1 Å². The third-order valence-electron chi connectivity index (χ3n) is 2.95. The minimum atomic E-state index is -3.56. The smallest absolute Gasteiger partial charge is 0.246 e. The molecule has 1 heterocycles. The van der Waals surface area contributed by atoms with E-state index in [0.717, 1.165) is 0 Å². The molecular formula is C12H16BrNO4S. The molecule has 0 radical (unpaired) electrons. The summed E-state index contributed by atoms with van der Waals surface area (Å²) in [6, 6.07) is 4.95. The maximum Gasteiger partial charge on any atom is 0.246 e. The van der Waals surface area contributed by atoms with Crippen molar-refractivity contribution in [3.05, 3.63) is 22.7 Å². The topological polar surface area (TPSA) is 55.8 Å². The second kappa shape index (κ2) is 5.78. The van der Waals surface area contributed by atoms with Gasteiger partial charge < -0.3 is 9.47 Å². The van der Waals surface area contributed by atoms with Gasteiger partial charge in [0, 0.05) is 17.6 Å². The van der Waals surface area contributed by atoms with Gasteiger partial charge in [0.1, 0.15) is 10.6 Å². The molecule has 0 N–H and O–H groups in total. The number of rotatable bonds is 3. The molecule has 1 unspecified atom stereocenters. The predicted molar refractivity (Wildman–Crippen MR) is 74.9 cm³/mol. The zero-order valence-corrected chi connectivity index (χ0v) is 13.2. The Labute approximate surface area is 121 Å². The van der Waals surface area contributed by atoms with Crippen LogP contribution in [0.5, 0.6) is 5.75 Å². The number of benzene rings is 1. The van der Waals surface area contributed by atoms with E-state index in [0.29, 0.717) is 29.9 Å². The van der Waals surface area contributed by atoms with Gasteiger partial charge in [-0.15, -0.1) is 0 Å². The molecule has 0 spiro atoms. The van der Waals surface area contributed by atoms with Crippen molar-refractivity contribution >= 4 is 26.0 Å². The second-order valence-electron chi connectivity index (χ2n) is 4.34. The van der Waals surface area contributed by atoms with Crippen LogP contribution in [-0.4, -0.2) is 45.6 Å². The van der Waals surface area contributed by atoms with E-state index >= 15 is 0 Å². The number of hydrogen-bond acceptors (Lipinski definition) is 4. The van der Waals surface area contributed by atoms with Gasteiger partial charge in [-0.3, -0.25) is 0 Å². The third kappa shape index (κ3) is 3.10. The van der Waals surface area contributed by atoms with Crippen LogP contribution in [0.25, 0.3) is 0 Å². The van der Waals surface area contributed by atoms with E-state index in [9.17, 15) is 8.42 Å². The van der Waals surface area contributed by atoms with Crippen molar-refractivity contribution in [2.75, 3.05) is 26.8 Å². The Bertz CT molecular complexity index is 561. The molecule has 106 valence electrons. The van der Waals surface area contributed by atoms with Gasteiger partial charge in [-0.1, -0.05) is 15.9 Å². The Morgan fingerprint density at radius 1 is 1.47 bits per heavy atom. The molecule has 0 bridgehead atoms. The number of sulfonamides is 1. The van der Waals surface area contributed by atoms with E-state index in [2.05, 4.69) is 15.9 Å². The van der Waals surface area contributed by atoms with Crippen LogP contribution in [0.15, 0.2) is 27.6 Å². The Kier molecular flexibility index (Phi) is 4.50. The number of morpholine rings is 1. The van der Waals surface area contributed by atoms with Gasteiger partial charge in [0.2, 0.25) is 10.0 Å². The first kappa shape index (κ1) is 14.8. The van der Waals surface area contributed by atoms with Gasteiger partial charge in [0.15, 0.2) is 0 Å². The highest BCUT2D eigenvalue weighted by Crippen LogP contribution is 2.30. The molecular weight excluding hydrogens is 334 g/mol. The molecule has 1 atom stereocenters. The van der Waals surface area contributed by atoms with Gasteiger partial charge in [0.05, 0.1) is 19.8 Å². The molecule has 2 rings (SSSR count). The monoisotopic (exact) mass is 349 g/mol. The summed E-state index contributed by atoms with van der Waals surface area (Å²) in [5.74, 6) is 0.349. The summed E-state index contributed by atoms with van der Waals surface area (Å²) in [5.41, 5.74) is 0. The van der Waals surface area contributed by atoms with E-state index in [1.807, 2.05) is 6.92 Å². The average molecular weight is 350 g/mol. The maximum atomic E-state index is 12.6. The Hall–Kier alpha value is -0.630. The zero-order chi connectivity index (χ0) is 14.0. The largest absolute Gasteiger partial charge is 0.495 e. The molecule has 7 heteroatoms. The second-order valence-corrected chi connectivity index (χ2v) is 7.16. The Morgan fingerprint density at radius 3 is 2.84 bits per heavy atom. The molecule has 1 aromatic rings. The Balaban J connectivity index is 2.41. The van der Waals surface area contributed by atoms with Crippen LogP contribution in [0.2, 0.25) is 0 Å². The minimum absolute atomic E-state index is 0.0957. The zero-order valence-electron chi connectivity index (χ0n) is 10.8. The molecule has 1 saturated heterocycles. The van der Waals surface area contributed by atoms with Gasteiger partial charge in [0.25, 0.3) is 0 Å². The van der Waals surface area contributed by atoms with Crippen LogP contribution in [0.3, 0.4) is 0 Å². The predicted octanol–water partition coefficient (Wildman–Crippen LogP) is 1.87. The van der Waals surface area contributed by atoms with Crippen LogP contribution >= 0.6 is 15.9 Å². The number of ether oxygens (including phenoxy) is 2. The van der Waals surface area contributed by atoms with E-state index in [4.69, 9.17) is 9.47 Å². The van der Waals surface area contributed by atoms with Crippen LogP contribution in [0.4, 0.5) is 0 Å². The maximum absolute atomic E-state index is 12.6. The van der Waals surface area contributed by atoms with E-state index in [1.54, 1.807) is 18.2 Å². The third-order valence-corrected chi connectivity index (χ3v) is 5.33. The summed E-state index contributed by atoms with van der Waals surface area (Å²) >= 11 is 3.29. The molecule has 19 heavy (non-hydrogen) atoms. The average Bonchev–Trinajstić information content (AvgIpc) is 2.38. The summed E-state index contributed by atoms with van der Waals surface area (Å²) in [7, 11) is -2.10. The fourth-order valence-electron chi connectivity index (χ4n) is 2.00. The lowest BCUT2D eigenvalue weighted by Crippen LogP contribution is -2.44. The molecule has 0 aliphatic carbocycles. The highest BCUT2D eigenvalue weighted by atomic mass is 79.9. The molecule has 1 aliphatic rings. The van der Waals surface area contributed by atoms with Crippen LogP contribution in [0, 0.1) is 0 Å². The summed E-state index contributed by atoms with van der Waals surface area (Å²) < 4.78 is 37.9. The Morgan fingerprint density at radius 2 is 2.21 bits per heavy atom. The van der Waals surface area contributed by atoms with E-state index in [1.165, 1.54) is 11.4 Å². The quantitative estimate of drug-likeness (QED) is 0.835. The summed E-state index contributed by atoms with van der Waals surface area (Å²) in [6.45, 7) is 3.00. The van der Waals surface area contributed by atoms with Crippen molar-refractivity contribution in [3.63, 3.8) is 0 Å². The lowest BCUT2D eigenvalue weighted by atomic mass is 10.3. The van der Waals surface area contributed by atoms with Crippen LogP contribution < -0.4 is 4.74 Å². The number of methoxy groups -OCH3 is 1. The summed E-state index contributed by atoms with van der Waals surface area (Å²) in [5, 5.41) is 0. The number of nitrogens with zero attached hydrogens (tertiary/aromatic N) is 1. The van der Waals surface area contributed by atoms with E-state index in [-0.39, 0.29) is 11.0 Å². The molecule has 0 aromatic heterocycles. The van der Waals surface area contributed by atoms with Gasteiger partial charge in [-0.2, -0.15) is 4.31 Å². The van der Waals surface area contributed by atoms with Gasteiger partial charge in [-0.25, -0.2) is 8.42 Å².